The Balaban J connectivity index is 0.00000264. The minimum Gasteiger partial charge on any atom is -0.478 e. The van der Waals surface area contributed by atoms with Crippen molar-refractivity contribution >= 4 is 25.0 Å². The van der Waals surface area contributed by atoms with Gasteiger partial charge in [0.2, 0.25) is 5.88 Å². The fraction of sp³-hybridized carbons (Fsp3) is 0.688. The summed E-state index contributed by atoms with van der Waals surface area (Å²) in [6.07, 6.45) is 2.75. The van der Waals surface area contributed by atoms with Gasteiger partial charge in [0.1, 0.15) is 0 Å². The molecule has 0 atom stereocenters. The van der Waals surface area contributed by atoms with E-state index in [-0.39, 0.29) is 30.7 Å². The Hall–Kier alpha value is -0.815. The molecule has 0 spiro atoms. The first kappa shape index (κ1) is 20.2. The van der Waals surface area contributed by atoms with E-state index in [0.717, 1.165) is 18.4 Å². The molecule has 23 heavy (non-hydrogen) atoms. The van der Waals surface area contributed by atoms with Gasteiger partial charge in [-0.05, 0) is 54.3 Å². The minimum atomic E-state index is -0.375. The Morgan fingerprint density at radius 2 is 1.74 bits per heavy atom. The second kappa shape index (κ2) is 7.84. The van der Waals surface area contributed by atoms with E-state index in [1.807, 2.05) is 39.8 Å². The fourth-order valence-electron chi connectivity index (χ4n) is 2.15. The number of ether oxygens (including phenoxy) is 1. The van der Waals surface area contributed by atoms with Crippen LogP contribution in [0.2, 0.25) is 0 Å². The van der Waals surface area contributed by atoms with Crippen molar-refractivity contribution in [3.8, 4) is 5.88 Å². The summed E-state index contributed by atoms with van der Waals surface area (Å²) in [5.74, 6) is 0.638. The van der Waals surface area contributed by atoms with Crippen LogP contribution in [0.15, 0.2) is 18.3 Å². The van der Waals surface area contributed by atoms with E-state index < -0.39 is 0 Å². The van der Waals surface area contributed by atoms with E-state index in [9.17, 15) is 0 Å². The quantitative estimate of drug-likeness (QED) is 0.585. The summed E-state index contributed by atoms with van der Waals surface area (Å²) in [5, 5.41) is 0. The zero-order valence-electron chi connectivity index (χ0n) is 15.0. The Bertz CT molecular complexity index is 479. The standard InChI is InChI=1S/C16H27BN2O3.ClH/c1-15(2)16(3,4)22-17(21-15)13-8-9-14(18-12-13)20-11-7-10-19(5)6;/h8-9,12H,7,10-11H2,1-6H3;1H. The second-order valence-electron chi connectivity index (χ2n) is 7.02. The molecule has 0 aliphatic carbocycles. The lowest BCUT2D eigenvalue weighted by molar-refractivity contribution is 0.00578. The van der Waals surface area contributed by atoms with Crippen molar-refractivity contribution in [3.63, 3.8) is 0 Å². The van der Waals surface area contributed by atoms with Gasteiger partial charge in [-0.3, -0.25) is 0 Å². The van der Waals surface area contributed by atoms with Crippen molar-refractivity contribution in [1.29, 1.82) is 0 Å². The highest BCUT2D eigenvalue weighted by Gasteiger charge is 2.51. The zero-order chi connectivity index (χ0) is 16.4. The zero-order valence-corrected chi connectivity index (χ0v) is 15.8. The monoisotopic (exact) mass is 342 g/mol. The summed E-state index contributed by atoms with van der Waals surface area (Å²) >= 11 is 0. The number of aromatic nitrogens is 1. The molecule has 0 amide bonds. The molecular formula is C16H28BClN2O3. The third kappa shape index (κ3) is 5.08. The largest absolute Gasteiger partial charge is 0.496 e. The predicted octanol–water partition coefficient (Wildman–Crippen LogP) is 2.13. The van der Waals surface area contributed by atoms with Gasteiger partial charge in [-0.25, -0.2) is 4.98 Å². The molecule has 1 fully saturated rings. The molecule has 1 aliphatic heterocycles. The summed E-state index contributed by atoms with van der Waals surface area (Å²) in [7, 11) is 3.73. The molecule has 0 saturated carbocycles. The van der Waals surface area contributed by atoms with Gasteiger partial charge >= 0.3 is 7.12 Å². The van der Waals surface area contributed by atoms with E-state index in [0.29, 0.717) is 12.5 Å². The van der Waals surface area contributed by atoms with Crippen molar-refractivity contribution in [2.75, 3.05) is 27.2 Å². The predicted molar refractivity (Wildman–Crippen MR) is 95.9 cm³/mol. The van der Waals surface area contributed by atoms with Crippen LogP contribution in [0.5, 0.6) is 5.88 Å². The Labute approximate surface area is 146 Å². The van der Waals surface area contributed by atoms with Crippen LogP contribution in [-0.4, -0.2) is 55.5 Å². The first-order chi connectivity index (χ1) is 10.2. The number of hydrogen-bond acceptors (Lipinski definition) is 5. The lowest BCUT2D eigenvalue weighted by atomic mass is 9.80. The molecule has 0 radical (unpaired) electrons. The molecule has 1 aromatic heterocycles. The molecule has 1 aliphatic rings. The van der Waals surface area contributed by atoms with E-state index in [2.05, 4.69) is 24.0 Å². The van der Waals surface area contributed by atoms with Crippen LogP contribution < -0.4 is 10.2 Å². The molecule has 130 valence electrons. The van der Waals surface area contributed by atoms with E-state index >= 15 is 0 Å². The summed E-state index contributed by atoms with van der Waals surface area (Å²) in [4.78, 5) is 6.48. The molecule has 1 saturated heterocycles. The molecule has 5 nitrogen and oxygen atoms in total. The van der Waals surface area contributed by atoms with Crippen molar-refractivity contribution in [3.05, 3.63) is 18.3 Å². The molecule has 2 rings (SSSR count). The average Bonchev–Trinajstić information content (AvgIpc) is 2.64. The SMILES string of the molecule is CN(C)CCCOc1ccc(B2OC(C)(C)C(C)(C)O2)cn1.Cl. The summed E-state index contributed by atoms with van der Waals surface area (Å²) in [5.41, 5.74) is 0.247. The Kier molecular flexibility index (Phi) is 6.89. The number of nitrogens with zero attached hydrogens (tertiary/aromatic N) is 2. The maximum absolute atomic E-state index is 6.01. The number of hydrogen-bond donors (Lipinski definition) is 0. The van der Waals surface area contributed by atoms with Crippen molar-refractivity contribution in [1.82, 2.24) is 9.88 Å². The number of rotatable bonds is 6. The fourth-order valence-corrected chi connectivity index (χ4v) is 2.15. The van der Waals surface area contributed by atoms with Crippen LogP contribution in [0.4, 0.5) is 0 Å². The van der Waals surface area contributed by atoms with Crippen LogP contribution in [0.25, 0.3) is 0 Å². The van der Waals surface area contributed by atoms with Gasteiger partial charge in [0, 0.05) is 18.2 Å². The number of pyridine rings is 1. The summed E-state index contributed by atoms with van der Waals surface area (Å²) < 4.78 is 17.6. The summed E-state index contributed by atoms with van der Waals surface area (Å²) in [6.45, 7) is 9.85. The third-order valence-corrected chi connectivity index (χ3v) is 4.28. The normalized spacial score (nSPS) is 18.8. The van der Waals surface area contributed by atoms with Crippen LogP contribution in [-0.2, 0) is 9.31 Å². The third-order valence-electron chi connectivity index (χ3n) is 4.28. The molecule has 7 heteroatoms. The van der Waals surface area contributed by atoms with E-state index in [1.165, 1.54) is 0 Å². The Morgan fingerprint density at radius 1 is 1.13 bits per heavy atom. The molecule has 0 aromatic carbocycles. The second-order valence-corrected chi connectivity index (χ2v) is 7.02. The molecular weight excluding hydrogens is 314 g/mol. The first-order valence-corrected chi connectivity index (χ1v) is 7.80. The highest BCUT2D eigenvalue weighted by atomic mass is 35.5. The lowest BCUT2D eigenvalue weighted by Gasteiger charge is -2.32. The Morgan fingerprint density at radius 3 is 2.22 bits per heavy atom. The molecule has 0 unspecified atom stereocenters. The van der Waals surface area contributed by atoms with Crippen molar-refractivity contribution < 1.29 is 14.0 Å². The molecule has 1 aromatic rings. The first-order valence-electron chi connectivity index (χ1n) is 7.80. The van der Waals surface area contributed by atoms with Crippen LogP contribution >= 0.6 is 12.4 Å². The van der Waals surface area contributed by atoms with Gasteiger partial charge < -0.3 is 18.9 Å². The van der Waals surface area contributed by atoms with E-state index in [1.54, 1.807) is 6.20 Å². The maximum atomic E-state index is 6.01. The van der Waals surface area contributed by atoms with E-state index in [4.69, 9.17) is 14.0 Å². The highest BCUT2D eigenvalue weighted by Crippen LogP contribution is 2.36. The summed E-state index contributed by atoms with van der Waals surface area (Å²) in [6, 6.07) is 3.83. The van der Waals surface area contributed by atoms with Crippen LogP contribution in [0.3, 0.4) is 0 Å². The van der Waals surface area contributed by atoms with Gasteiger partial charge in [-0.1, -0.05) is 6.07 Å². The van der Waals surface area contributed by atoms with Crippen LogP contribution in [0.1, 0.15) is 34.1 Å². The van der Waals surface area contributed by atoms with Crippen molar-refractivity contribution in [2.24, 2.45) is 0 Å². The lowest BCUT2D eigenvalue weighted by Crippen LogP contribution is -2.41. The van der Waals surface area contributed by atoms with Gasteiger partial charge in [0.05, 0.1) is 17.8 Å². The molecule has 0 N–H and O–H groups in total. The topological polar surface area (TPSA) is 43.8 Å². The number of halogens is 1. The highest BCUT2D eigenvalue weighted by molar-refractivity contribution is 6.62. The maximum Gasteiger partial charge on any atom is 0.496 e. The van der Waals surface area contributed by atoms with Gasteiger partial charge in [-0.2, -0.15) is 0 Å². The van der Waals surface area contributed by atoms with Gasteiger partial charge in [-0.15, -0.1) is 12.4 Å². The average molecular weight is 343 g/mol. The van der Waals surface area contributed by atoms with Gasteiger partial charge in [0.25, 0.3) is 0 Å². The smallest absolute Gasteiger partial charge is 0.478 e. The van der Waals surface area contributed by atoms with Crippen LogP contribution in [0, 0.1) is 0 Å². The minimum absolute atomic E-state index is 0. The van der Waals surface area contributed by atoms with Crippen molar-refractivity contribution in [2.45, 2.75) is 45.3 Å². The molecule has 2 heterocycles. The van der Waals surface area contributed by atoms with Gasteiger partial charge in [0.15, 0.2) is 0 Å². The molecule has 0 bridgehead atoms.